The van der Waals surface area contributed by atoms with Crippen molar-refractivity contribution in [3.8, 4) is 0 Å². The van der Waals surface area contributed by atoms with Crippen molar-refractivity contribution in [2.75, 3.05) is 26.2 Å². The minimum Gasteiger partial charge on any atom is -0.459 e. The zero-order valence-electron chi connectivity index (χ0n) is 26.4. The van der Waals surface area contributed by atoms with E-state index in [1.807, 2.05) is 18.7 Å². The summed E-state index contributed by atoms with van der Waals surface area (Å²) in [5.41, 5.74) is -4.21. The van der Waals surface area contributed by atoms with E-state index in [4.69, 9.17) is 31.4 Å². The van der Waals surface area contributed by atoms with Gasteiger partial charge in [0.05, 0.1) is 0 Å². The van der Waals surface area contributed by atoms with Gasteiger partial charge in [0.2, 0.25) is 0 Å². The number of esters is 1. The molecule has 1 unspecified atom stereocenters. The lowest BCUT2D eigenvalue weighted by Gasteiger charge is -2.36. The molecule has 1 saturated carbocycles. The fourth-order valence-electron chi connectivity index (χ4n) is 2.51. The molecule has 0 radical (unpaired) electrons. The maximum atomic E-state index is 13.5. The quantitative estimate of drug-likeness (QED) is 0.617. The largest absolute Gasteiger partial charge is 0.459 e. The van der Waals surface area contributed by atoms with Gasteiger partial charge < -0.3 is 9.84 Å². The van der Waals surface area contributed by atoms with Crippen molar-refractivity contribution in [1.82, 2.24) is 4.90 Å². The summed E-state index contributed by atoms with van der Waals surface area (Å²) in [6.45, 7) is 4.89. The van der Waals surface area contributed by atoms with Gasteiger partial charge in [0.1, 0.15) is 6.61 Å². The van der Waals surface area contributed by atoms with E-state index in [2.05, 4.69) is 0 Å². The molecular weight excluding hydrogens is 362 g/mol. The van der Waals surface area contributed by atoms with Crippen LogP contribution < -0.4 is 0 Å². The smallest absolute Gasteiger partial charge is 0.343 e. The number of halogens is 1. The molecule has 150 valence electrons. The number of carbonyl (C=O) groups excluding carboxylic acids is 1. The Labute approximate surface area is 183 Å². The van der Waals surface area contributed by atoms with E-state index in [1.54, 1.807) is 0 Å². The molecule has 1 aromatic carbocycles. The fraction of sp³-hybridized carbons (Fsp3) is 0.591. The molecule has 1 aromatic rings. The Bertz CT molecular complexity index is 1020. The van der Waals surface area contributed by atoms with Crippen LogP contribution in [0.1, 0.15) is 66.4 Å². The number of likely N-dealkylation sites (N-methyl/N-ethyl adjacent to an activating group) is 1. The molecule has 4 nitrogen and oxygen atoms in total. The number of rotatable bonds is 9. The van der Waals surface area contributed by atoms with Gasteiger partial charge in [0.15, 0.2) is 5.60 Å². The molecule has 0 heterocycles. The van der Waals surface area contributed by atoms with Crippen molar-refractivity contribution >= 4 is 17.6 Å². The molecule has 5 heteroatoms. The topological polar surface area (TPSA) is 49.8 Å². The molecule has 1 N–H and O–H groups in total. The van der Waals surface area contributed by atoms with Crippen LogP contribution in [0, 0.1) is 5.89 Å². The molecule has 0 aromatic heterocycles. The van der Waals surface area contributed by atoms with E-state index in [9.17, 15) is 9.90 Å². The third-order valence-electron chi connectivity index (χ3n) is 4.14. The van der Waals surface area contributed by atoms with Crippen molar-refractivity contribution in [1.29, 1.82) is 0 Å². The first kappa shape index (κ1) is 11.0. The Morgan fingerprint density at radius 3 is 2.56 bits per heavy atom. The highest BCUT2D eigenvalue weighted by molar-refractivity contribution is 6.29. The second kappa shape index (κ2) is 10.8. The summed E-state index contributed by atoms with van der Waals surface area (Å²) in [5.74, 6) is -5.76. The first-order valence-electron chi connectivity index (χ1n) is 14.2. The lowest BCUT2D eigenvalue weighted by Crippen LogP contribution is -2.45. The van der Waals surface area contributed by atoms with Crippen LogP contribution in [0.3, 0.4) is 0 Å². The second-order valence-electron chi connectivity index (χ2n) is 5.79. The molecule has 1 aliphatic carbocycles. The van der Waals surface area contributed by atoms with Crippen molar-refractivity contribution < 1.29 is 29.7 Å². The maximum Gasteiger partial charge on any atom is 0.343 e. The van der Waals surface area contributed by atoms with Crippen LogP contribution >= 0.6 is 11.6 Å². The highest BCUT2D eigenvalue weighted by Gasteiger charge is 2.46. The van der Waals surface area contributed by atoms with Crippen LogP contribution in [0.5, 0.6) is 0 Å². The predicted octanol–water partition coefficient (Wildman–Crippen LogP) is 4.46. The Morgan fingerprint density at radius 2 is 1.96 bits per heavy atom. The molecule has 2 rings (SSSR count). The van der Waals surface area contributed by atoms with Crippen molar-refractivity contribution in [3.05, 3.63) is 47.0 Å². The molecule has 0 aliphatic heterocycles. The maximum absolute atomic E-state index is 13.5. The molecule has 0 saturated heterocycles. The Hall–Kier alpha value is -1.36. The van der Waals surface area contributed by atoms with Crippen LogP contribution in [0.4, 0.5) is 0 Å². The number of hydrogen-bond donors (Lipinski definition) is 1. The second-order valence-corrected chi connectivity index (χ2v) is 6.27. The molecule has 27 heavy (non-hydrogen) atoms. The lowest BCUT2D eigenvalue weighted by atomic mass is 9.73. The minimum absolute atomic E-state index is 0.259. The van der Waals surface area contributed by atoms with Gasteiger partial charge in [0, 0.05) is 32.5 Å². The lowest BCUT2D eigenvalue weighted by molar-refractivity contribution is -0.174. The highest BCUT2D eigenvalue weighted by atomic mass is 35.5. The van der Waals surface area contributed by atoms with E-state index in [0.717, 1.165) is 12.1 Å². The number of nitrogens with zero attached hydrogens (tertiary/aromatic N) is 1. The van der Waals surface area contributed by atoms with E-state index in [-0.39, 0.29) is 5.03 Å². The summed E-state index contributed by atoms with van der Waals surface area (Å²) in [5, 5.41) is 12.1. The molecular formula is C22H32ClNO3. The van der Waals surface area contributed by atoms with Crippen LogP contribution in [0.15, 0.2) is 41.4 Å². The molecule has 1 fully saturated rings. The van der Waals surface area contributed by atoms with Gasteiger partial charge in [-0.05, 0) is 37.5 Å². The minimum atomic E-state index is -4.00. The van der Waals surface area contributed by atoms with Crippen molar-refractivity contribution in [2.24, 2.45) is 5.89 Å². The van der Waals surface area contributed by atoms with E-state index >= 15 is 0 Å². The van der Waals surface area contributed by atoms with Gasteiger partial charge in [-0.15, -0.1) is 0 Å². The molecule has 0 spiro atoms. The molecule has 0 amide bonds. The standard InChI is InChI=1S/C22H32ClNO3/c1-3-24(4-2)17-20(23)15-16-27-21(25)22(26,18-11-7-5-8-12-18)19-13-9-6-10-14-19/h5,7-8,11-12,15,19,26H,3-4,6,9-10,13-14,16-17H2,1-2H3/b20-15-/i6D2,9D2,10D2,13D2,14D2,19D. The Kier molecular flexibility index (Phi) is 4.41. The monoisotopic (exact) mass is 404 g/mol. The summed E-state index contributed by atoms with van der Waals surface area (Å²) in [6, 6.07) is 6.13. The fourth-order valence-corrected chi connectivity index (χ4v) is 2.74. The first-order valence-corrected chi connectivity index (χ1v) is 9.06. The Balaban J connectivity index is 2.74. The van der Waals surface area contributed by atoms with E-state index < -0.39 is 61.5 Å². The van der Waals surface area contributed by atoms with E-state index in [1.165, 1.54) is 24.3 Å². The zero-order chi connectivity index (χ0) is 29.6. The van der Waals surface area contributed by atoms with Crippen LogP contribution in [0.25, 0.3) is 0 Å². The van der Waals surface area contributed by atoms with Gasteiger partial charge in [-0.1, -0.05) is 74.9 Å². The molecule has 1 atom stereocenters. The number of hydrogen-bond acceptors (Lipinski definition) is 4. The number of benzene rings is 1. The molecule has 0 bridgehead atoms. The highest BCUT2D eigenvalue weighted by Crippen LogP contribution is 2.40. The average molecular weight is 405 g/mol. The number of carbonyl (C=O) groups is 1. The van der Waals surface area contributed by atoms with Gasteiger partial charge in [-0.25, -0.2) is 4.79 Å². The van der Waals surface area contributed by atoms with Gasteiger partial charge in [-0.2, -0.15) is 0 Å². The third-order valence-corrected chi connectivity index (χ3v) is 4.41. The normalized spacial score (nSPS) is 34.9. The summed E-state index contributed by atoms with van der Waals surface area (Å²) in [4.78, 5) is 15.4. The summed E-state index contributed by atoms with van der Waals surface area (Å²) in [6.07, 6.45) is -18.3. The Morgan fingerprint density at radius 1 is 1.33 bits per heavy atom. The number of ether oxygens (including phenoxy) is 1. The van der Waals surface area contributed by atoms with E-state index in [0.29, 0.717) is 19.6 Å². The predicted molar refractivity (Wildman–Crippen MR) is 110 cm³/mol. The summed E-state index contributed by atoms with van der Waals surface area (Å²) >= 11 is 6.19. The van der Waals surface area contributed by atoms with Gasteiger partial charge in [0.25, 0.3) is 0 Å². The van der Waals surface area contributed by atoms with Gasteiger partial charge in [-0.3, -0.25) is 4.90 Å². The van der Waals surface area contributed by atoms with Gasteiger partial charge >= 0.3 is 5.97 Å². The third kappa shape index (κ3) is 5.81. The van der Waals surface area contributed by atoms with Crippen molar-refractivity contribution in [2.45, 2.75) is 51.3 Å². The summed E-state index contributed by atoms with van der Waals surface area (Å²) in [7, 11) is 0. The van der Waals surface area contributed by atoms with Crippen molar-refractivity contribution in [3.63, 3.8) is 0 Å². The summed E-state index contributed by atoms with van der Waals surface area (Å²) < 4.78 is 96.9. The number of aliphatic hydroxyl groups is 1. The van der Waals surface area contributed by atoms with Crippen LogP contribution in [0.2, 0.25) is 0 Å². The average Bonchev–Trinajstić information content (AvgIpc) is 2.85. The SMILES string of the molecule is [2H]C1([2H])C([2H])([2H])C([2H])([2H])C([2H])(C(O)(C(=O)OC/C=C(\Cl)CN(CC)CC)c2ccccc2)C([2H])([2H])C1([2H])[2H]. The first-order chi connectivity index (χ1) is 17.2. The van der Waals surface area contributed by atoms with Crippen LogP contribution in [-0.4, -0.2) is 42.2 Å². The zero-order valence-corrected chi connectivity index (χ0v) is 16.1. The van der Waals surface area contributed by atoms with Crippen LogP contribution in [-0.2, 0) is 15.1 Å². The molecule has 1 aliphatic rings.